The fourth-order valence-corrected chi connectivity index (χ4v) is 3.28. The molecule has 0 unspecified atom stereocenters. The standard InChI is InChI=1S/C18H14ClN3O3S/c1-11-15(26-17(21-11)12-6-3-2-4-7-12)18(24)25-10-14(23)22-13-8-5-9-20-16(13)19/h2-9H,10H2,1H3,(H,22,23). The van der Waals surface area contributed by atoms with Crippen LogP contribution in [0, 0.1) is 6.92 Å². The van der Waals surface area contributed by atoms with E-state index in [0.717, 1.165) is 10.6 Å². The summed E-state index contributed by atoms with van der Waals surface area (Å²) in [5, 5.41) is 3.43. The SMILES string of the molecule is Cc1nc(-c2ccccc2)sc1C(=O)OCC(=O)Nc1cccnc1Cl. The minimum absolute atomic E-state index is 0.165. The van der Waals surface area contributed by atoms with Gasteiger partial charge in [0, 0.05) is 11.8 Å². The first-order valence-electron chi connectivity index (χ1n) is 7.65. The van der Waals surface area contributed by atoms with Crippen molar-refractivity contribution in [3.05, 3.63) is 64.4 Å². The van der Waals surface area contributed by atoms with Crippen molar-refractivity contribution in [2.45, 2.75) is 6.92 Å². The molecule has 1 aromatic carbocycles. The van der Waals surface area contributed by atoms with E-state index in [1.807, 2.05) is 30.3 Å². The molecule has 0 saturated carbocycles. The van der Waals surface area contributed by atoms with Crippen LogP contribution in [0.5, 0.6) is 0 Å². The molecule has 0 aliphatic rings. The van der Waals surface area contributed by atoms with Crippen molar-refractivity contribution in [3.8, 4) is 10.6 Å². The molecule has 0 saturated heterocycles. The minimum atomic E-state index is -0.588. The van der Waals surface area contributed by atoms with Gasteiger partial charge in [-0.15, -0.1) is 11.3 Å². The Kier molecular flexibility index (Phi) is 5.60. The van der Waals surface area contributed by atoms with Gasteiger partial charge in [-0.3, -0.25) is 4.79 Å². The molecule has 0 spiro atoms. The molecule has 1 N–H and O–H groups in total. The molecule has 2 aromatic heterocycles. The lowest BCUT2D eigenvalue weighted by molar-refractivity contribution is -0.119. The van der Waals surface area contributed by atoms with Crippen LogP contribution in [0.15, 0.2) is 48.7 Å². The van der Waals surface area contributed by atoms with E-state index in [4.69, 9.17) is 16.3 Å². The molecule has 0 radical (unpaired) electrons. The number of amides is 1. The summed E-state index contributed by atoms with van der Waals surface area (Å²) >= 11 is 7.10. The molecule has 0 bridgehead atoms. The maximum absolute atomic E-state index is 12.3. The highest BCUT2D eigenvalue weighted by Gasteiger charge is 2.19. The average molecular weight is 388 g/mol. The first-order valence-corrected chi connectivity index (χ1v) is 8.84. The number of thiazole rings is 1. The third kappa shape index (κ3) is 4.25. The molecule has 0 atom stereocenters. The zero-order valence-corrected chi connectivity index (χ0v) is 15.3. The number of ether oxygens (including phenoxy) is 1. The molecule has 2 heterocycles. The van der Waals surface area contributed by atoms with Crippen LogP contribution >= 0.6 is 22.9 Å². The van der Waals surface area contributed by atoms with Crippen molar-refractivity contribution in [1.82, 2.24) is 9.97 Å². The topological polar surface area (TPSA) is 81.2 Å². The lowest BCUT2D eigenvalue weighted by Gasteiger charge is -2.06. The summed E-state index contributed by atoms with van der Waals surface area (Å²) in [6, 6.07) is 12.8. The lowest BCUT2D eigenvalue weighted by Crippen LogP contribution is -2.21. The van der Waals surface area contributed by atoms with Crippen LogP contribution in [-0.2, 0) is 9.53 Å². The van der Waals surface area contributed by atoms with Gasteiger partial charge in [0.2, 0.25) is 0 Å². The van der Waals surface area contributed by atoms with Crippen LogP contribution in [0.4, 0.5) is 5.69 Å². The number of rotatable bonds is 5. The highest BCUT2D eigenvalue weighted by atomic mass is 35.5. The Bertz CT molecular complexity index is 944. The van der Waals surface area contributed by atoms with E-state index >= 15 is 0 Å². The molecule has 3 rings (SSSR count). The Morgan fingerprint density at radius 2 is 1.96 bits per heavy atom. The van der Waals surface area contributed by atoms with Gasteiger partial charge in [0.1, 0.15) is 9.88 Å². The number of hydrogen-bond donors (Lipinski definition) is 1. The van der Waals surface area contributed by atoms with E-state index in [2.05, 4.69) is 15.3 Å². The minimum Gasteiger partial charge on any atom is -0.451 e. The van der Waals surface area contributed by atoms with Crippen LogP contribution in [0.25, 0.3) is 10.6 Å². The number of aromatic nitrogens is 2. The predicted octanol–water partition coefficient (Wildman–Crippen LogP) is 3.96. The summed E-state index contributed by atoms with van der Waals surface area (Å²) < 4.78 is 5.09. The summed E-state index contributed by atoms with van der Waals surface area (Å²) in [6.45, 7) is 1.30. The second kappa shape index (κ2) is 8.07. The maximum Gasteiger partial charge on any atom is 0.350 e. The third-order valence-electron chi connectivity index (χ3n) is 3.37. The van der Waals surface area contributed by atoms with Crippen molar-refractivity contribution in [3.63, 3.8) is 0 Å². The fraction of sp³-hybridized carbons (Fsp3) is 0.111. The van der Waals surface area contributed by atoms with Gasteiger partial charge < -0.3 is 10.1 Å². The van der Waals surface area contributed by atoms with Crippen molar-refractivity contribution < 1.29 is 14.3 Å². The van der Waals surface area contributed by atoms with Crippen LogP contribution < -0.4 is 5.32 Å². The lowest BCUT2D eigenvalue weighted by atomic mass is 10.2. The van der Waals surface area contributed by atoms with Crippen LogP contribution in [0.3, 0.4) is 0 Å². The number of nitrogens with zero attached hydrogens (tertiary/aromatic N) is 2. The molecular formula is C18H14ClN3O3S. The van der Waals surface area contributed by atoms with E-state index in [9.17, 15) is 9.59 Å². The van der Waals surface area contributed by atoms with E-state index < -0.39 is 18.5 Å². The zero-order chi connectivity index (χ0) is 18.5. The Balaban J connectivity index is 1.63. The molecular weight excluding hydrogens is 374 g/mol. The largest absolute Gasteiger partial charge is 0.451 e. The van der Waals surface area contributed by atoms with Crippen molar-refractivity contribution in [1.29, 1.82) is 0 Å². The summed E-state index contributed by atoms with van der Waals surface area (Å²) in [5.41, 5.74) is 1.84. The molecule has 0 aliphatic carbocycles. The van der Waals surface area contributed by atoms with E-state index in [1.54, 1.807) is 19.1 Å². The molecule has 8 heteroatoms. The quantitative estimate of drug-likeness (QED) is 0.529. The van der Waals surface area contributed by atoms with Crippen LogP contribution in [-0.4, -0.2) is 28.5 Å². The van der Waals surface area contributed by atoms with Gasteiger partial charge in [0.25, 0.3) is 5.91 Å². The van der Waals surface area contributed by atoms with Gasteiger partial charge in [-0.05, 0) is 19.1 Å². The first kappa shape index (κ1) is 18.0. The molecule has 0 fully saturated rings. The van der Waals surface area contributed by atoms with Crippen LogP contribution in [0.1, 0.15) is 15.4 Å². The molecule has 132 valence electrons. The zero-order valence-electron chi connectivity index (χ0n) is 13.7. The molecule has 3 aromatic rings. The number of carbonyl (C=O) groups excluding carboxylic acids is 2. The number of pyridine rings is 1. The Labute approximate surface area is 158 Å². The number of aryl methyl sites for hydroxylation is 1. The van der Waals surface area contributed by atoms with Gasteiger partial charge in [-0.25, -0.2) is 14.8 Å². The van der Waals surface area contributed by atoms with E-state index in [0.29, 0.717) is 16.3 Å². The number of carbonyl (C=O) groups is 2. The summed E-state index contributed by atoms with van der Waals surface area (Å²) in [7, 11) is 0. The number of anilines is 1. The van der Waals surface area contributed by atoms with Gasteiger partial charge in [0.05, 0.1) is 11.4 Å². The van der Waals surface area contributed by atoms with E-state index in [-0.39, 0.29) is 5.15 Å². The highest BCUT2D eigenvalue weighted by molar-refractivity contribution is 7.17. The Morgan fingerprint density at radius 3 is 2.69 bits per heavy atom. The number of esters is 1. The fourth-order valence-electron chi connectivity index (χ4n) is 2.15. The van der Waals surface area contributed by atoms with Gasteiger partial charge in [-0.1, -0.05) is 41.9 Å². The van der Waals surface area contributed by atoms with Crippen molar-refractivity contribution >= 4 is 40.5 Å². The summed E-state index contributed by atoms with van der Waals surface area (Å²) in [4.78, 5) is 32.8. The molecule has 6 nitrogen and oxygen atoms in total. The number of nitrogens with one attached hydrogen (secondary N) is 1. The van der Waals surface area contributed by atoms with Gasteiger partial charge in [-0.2, -0.15) is 0 Å². The predicted molar refractivity (Wildman–Crippen MR) is 100 cm³/mol. The summed E-state index contributed by atoms with van der Waals surface area (Å²) in [5.74, 6) is -1.09. The molecule has 0 aliphatic heterocycles. The number of halogens is 1. The molecule has 26 heavy (non-hydrogen) atoms. The normalized spacial score (nSPS) is 10.4. The van der Waals surface area contributed by atoms with Crippen LogP contribution in [0.2, 0.25) is 5.15 Å². The number of hydrogen-bond acceptors (Lipinski definition) is 6. The second-order valence-electron chi connectivity index (χ2n) is 5.27. The molecule has 1 amide bonds. The smallest absolute Gasteiger partial charge is 0.350 e. The third-order valence-corrected chi connectivity index (χ3v) is 4.86. The Morgan fingerprint density at radius 1 is 1.19 bits per heavy atom. The highest BCUT2D eigenvalue weighted by Crippen LogP contribution is 2.28. The van der Waals surface area contributed by atoms with Gasteiger partial charge >= 0.3 is 5.97 Å². The maximum atomic E-state index is 12.3. The first-order chi connectivity index (χ1) is 12.5. The number of benzene rings is 1. The Hall–Kier alpha value is -2.77. The monoisotopic (exact) mass is 387 g/mol. The van der Waals surface area contributed by atoms with Gasteiger partial charge in [0.15, 0.2) is 11.8 Å². The average Bonchev–Trinajstić information content (AvgIpc) is 3.04. The van der Waals surface area contributed by atoms with E-state index in [1.165, 1.54) is 17.5 Å². The van der Waals surface area contributed by atoms with Crippen molar-refractivity contribution in [2.24, 2.45) is 0 Å². The van der Waals surface area contributed by atoms with Crippen molar-refractivity contribution in [2.75, 3.05) is 11.9 Å². The second-order valence-corrected chi connectivity index (χ2v) is 6.62. The summed E-state index contributed by atoms with van der Waals surface area (Å²) in [6.07, 6.45) is 1.51.